The summed E-state index contributed by atoms with van der Waals surface area (Å²) in [7, 11) is 0. The summed E-state index contributed by atoms with van der Waals surface area (Å²) in [6.07, 6.45) is 5.67. The maximum absolute atomic E-state index is 12.7. The van der Waals surface area contributed by atoms with Crippen molar-refractivity contribution in [2.75, 3.05) is 25.0 Å². The fourth-order valence-electron chi connectivity index (χ4n) is 4.79. The molecule has 0 aromatic carbocycles. The zero-order chi connectivity index (χ0) is 19.0. The summed E-state index contributed by atoms with van der Waals surface area (Å²) in [6.45, 7) is 3.99. The van der Waals surface area contributed by atoms with Gasteiger partial charge < -0.3 is 15.4 Å². The summed E-state index contributed by atoms with van der Waals surface area (Å²) in [5.74, 6) is 0.705. The predicted octanol–water partition coefficient (Wildman–Crippen LogP) is 2.69. The molecule has 1 unspecified atom stereocenters. The minimum atomic E-state index is -0.494. The van der Waals surface area contributed by atoms with E-state index < -0.39 is 5.41 Å². The lowest BCUT2D eigenvalue weighted by atomic mass is 9.69. The van der Waals surface area contributed by atoms with Crippen LogP contribution in [0.15, 0.2) is 12.3 Å². The number of nitrogens with one attached hydrogen (secondary N) is 2. The molecule has 0 radical (unpaired) electrons. The van der Waals surface area contributed by atoms with Gasteiger partial charge >= 0.3 is 6.09 Å². The Hall–Kier alpha value is -1.86. The third-order valence-electron chi connectivity index (χ3n) is 6.18. The van der Waals surface area contributed by atoms with Crippen LogP contribution < -0.4 is 10.6 Å². The molecule has 0 bridgehead atoms. The molecule has 27 heavy (non-hydrogen) atoms. The highest BCUT2D eigenvalue weighted by molar-refractivity contribution is 6.30. The monoisotopic (exact) mass is 392 g/mol. The number of likely N-dealkylation sites (tertiary alicyclic amines) is 1. The number of fused-ring (bicyclic) bond motifs is 2. The Kier molecular flexibility index (Phi) is 4.99. The van der Waals surface area contributed by atoms with Gasteiger partial charge in [0, 0.05) is 36.9 Å². The maximum Gasteiger partial charge on any atom is 0.407 e. The van der Waals surface area contributed by atoms with E-state index in [2.05, 4.69) is 20.5 Å². The Morgan fingerprint density at radius 1 is 1.44 bits per heavy atom. The number of halogens is 1. The Morgan fingerprint density at radius 3 is 2.96 bits per heavy atom. The van der Waals surface area contributed by atoms with Gasteiger partial charge in [0.25, 0.3) is 0 Å². The number of aromatic nitrogens is 1. The largest absolute Gasteiger partial charge is 0.450 e. The molecule has 1 atom stereocenters. The first kappa shape index (κ1) is 18.5. The Balaban J connectivity index is 1.38. The Labute approximate surface area is 163 Å². The molecular weight excluding hydrogens is 368 g/mol. The number of hydrogen-bond acceptors (Lipinski definition) is 5. The topological polar surface area (TPSA) is 83.6 Å². The normalized spacial score (nSPS) is 30.2. The fraction of sp³-hybridized carbons (Fsp3) is 0.632. The molecule has 2 amide bonds. The zero-order valence-corrected chi connectivity index (χ0v) is 16.2. The van der Waals surface area contributed by atoms with Crippen molar-refractivity contribution in [2.45, 2.75) is 56.5 Å². The first-order chi connectivity index (χ1) is 13.0. The molecule has 1 aromatic rings. The first-order valence-electron chi connectivity index (χ1n) is 9.66. The van der Waals surface area contributed by atoms with Gasteiger partial charge in [0.05, 0.1) is 17.0 Å². The molecule has 1 aromatic heterocycles. The van der Waals surface area contributed by atoms with Crippen molar-refractivity contribution in [2.24, 2.45) is 0 Å². The van der Waals surface area contributed by atoms with E-state index in [0.29, 0.717) is 23.5 Å². The number of anilines is 1. The third-order valence-corrected chi connectivity index (χ3v) is 6.39. The molecular formula is C19H25ClN4O3. The van der Waals surface area contributed by atoms with Crippen molar-refractivity contribution in [3.63, 3.8) is 0 Å². The van der Waals surface area contributed by atoms with Crippen LogP contribution in [0.25, 0.3) is 0 Å². The van der Waals surface area contributed by atoms with Crippen LogP contribution in [0.3, 0.4) is 0 Å². The average Bonchev–Trinajstić information content (AvgIpc) is 3.20. The van der Waals surface area contributed by atoms with Crippen LogP contribution in [0, 0.1) is 0 Å². The van der Waals surface area contributed by atoms with Gasteiger partial charge in [0.2, 0.25) is 5.91 Å². The summed E-state index contributed by atoms with van der Waals surface area (Å²) >= 11 is 6.13. The number of nitrogens with zero attached hydrogens (tertiary/aromatic N) is 2. The highest BCUT2D eigenvalue weighted by atomic mass is 35.5. The second kappa shape index (κ2) is 7.28. The molecule has 7 nitrogen and oxygen atoms in total. The maximum atomic E-state index is 12.7. The van der Waals surface area contributed by atoms with E-state index in [0.717, 1.165) is 50.8 Å². The van der Waals surface area contributed by atoms with Gasteiger partial charge in [-0.1, -0.05) is 11.6 Å². The molecule has 2 aliphatic heterocycles. The van der Waals surface area contributed by atoms with Crippen molar-refractivity contribution < 1.29 is 14.3 Å². The summed E-state index contributed by atoms with van der Waals surface area (Å²) in [5.41, 5.74) is 0.452. The molecule has 2 fully saturated rings. The molecule has 1 saturated carbocycles. The first-order valence-corrected chi connectivity index (χ1v) is 10.0. The van der Waals surface area contributed by atoms with Gasteiger partial charge in [-0.25, -0.2) is 9.78 Å². The lowest BCUT2D eigenvalue weighted by molar-refractivity contribution is -0.122. The molecule has 8 heteroatoms. The van der Waals surface area contributed by atoms with Crippen LogP contribution in [0.5, 0.6) is 0 Å². The molecule has 2 N–H and O–H groups in total. The van der Waals surface area contributed by atoms with Gasteiger partial charge in [-0.15, -0.1) is 0 Å². The van der Waals surface area contributed by atoms with Crippen LogP contribution in [0.4, 0.5) is 10.6 Å². The molecule has 3 heterocycles. The number of carbonyl (C=O) groups excluding carboxylic acids is 2. The van der Waals surface area contributed by atoms with Crippen molar-refractivity contribution in [1.29, 1.82) is 0 Å². The molecule has 1 saturated heterocycles. The van der Waals surface area contributed by atoms with E-state index >= 15 is 0 Å². The van der Waals surface area contributed by atoms with Crippen LogP contribution in [0.1, 0.15) is 44.6 Å². The van der Waals surface area contributed by atoms with Gasteiger partial charge in [0.1, 0.15) is 5.82 Å². The molecule has 3 aliphatic rings. The zero-order valence-electron chi connectivity index (χ0n) is 15.5. The van der Waals surface area contributed by atoms with E-state index in [-0.39, 0.29) is 18.0 Å². The Bertz CT molecular complexity index is 748. The second-order valence-electron chi connectivity index (χ2n) is 7.66. The summed E-state index contributed by atoms with van der Waals surface area (Å²) in [5, 5.41) is 6.43. The number of rotatable bonds is 3. The number of hydrogen-bond donors (Lipinski definition) is 2. The van der Waals surface area contributed by atoms with Crippen LogP contribution >= 0.6 is 11.6 Å². The van der Waals surface area contributed by atoms with Crippen molar-refractivity contribution in [3.8, 4) is 0 Å². The summed E-state index contributed by atoms with van der Waals surface area (Å²) < 4.78 is 4.97. The van der Waals surface area contributed by atoms with E-state index in [1.54, 1.807) is 13.1 Å². The Morgan fingerprint density at radius 2 is 2.22 bits per heavy atom. The smallest absolute Gasteiger partial charge is 0.407 e. The molecule has 1 spiro atoms. The van der Waals surface area contributed by atoms with Gasteiger partial charge in [0.15, 0.2) is 0 Å². The van der Waals surface area contributed by atoms with Crippen molar-refractivity contribution in [3.05, 3.63) is 22.8 Å². The van der Waals surface area contributed by atoms with E-state index in [9.17, 15) is 9.59 Å². The van der Waals surface area contributed by atoms with Gasteiger partial charge in [-0.3, -0.25) is 9.69 Å². The third kappa shape index (κ3) is 3.38. The van der Waals surface area contributed by atoms with E-state index in [1.165, 1.54) is 0 Å². The van der Waals surface area contributed by atoms with Crippen LogP contribution in [0.2, 0.25) is 5.02 Å². The molecule has 146 valence electrons. The van der Waals surface area contributed by atoms with Crippen LogP contribution in [-0.2, 0) is 14.9 Å². The summed E-state index contributed by atoms with van der Waals surface area (Å²) in [4.78, 5) is 31.1. The van der Waals surface area contributed by atoms with E-state index in [4.69, 9.17) is 16.3 Å². The van der Waals surface area contributed by atoms with Crippen molar-refractivity contribution >= 4 is 29.4 Å². The highest BCUT2D eigenvalue weighted by Gasteiger charge is 2.50. The second-order valence-corrected chi connectivity index (χ2v) is 8.10. The minimum Gasteiger partial charge on any atom is -0.450 e. The average molecular weight is 393 g/mol. The highest BCUT2D eigenvalue weighted by Crippen LogP contribution is 2.48. The van der Waals surface area contributed by atoms with Gasteiger partial charge in [-0.2, -0.15) is 0 Å². The number of ether oxygens (including phenoxy) is 1. The SMILES string of the molecule is CCOC(=O)NC1CCN(C2CCC3(CC2)C(=O)Nc2ncc(Cl)cc23)C1. The number of amides is 2. The number of alkyl carbamates (subject to hydrolysis) is 1. The number of pyridine rings is 1. The quantitative estimate of drug-likeness (QED) is 0.826. The predicted molar refractivity (Wildman–Crippen MR) is 102 cm³/mol. The van der Waals surface area contributed by atoms with Crippen molar-refractivity contribution in [1.82, 2.24) is 15.2 Å². The fourth-order valence-corrected chi connectivity index (χ4v) is 4.94. The molecule has 4 rings (SSSR count). The van der Waals surface area contributed by atoms with Gasteiger partial charge in [-0.05, 0) is 45.1 Å². The summed E-state index contributed by atoms with van der Waals surface area (Å²) in [6, 6.07) is 2.46. The minimum absolute atomic E-state index is 0.0500. The van der Waals surface area contributed by atoms with Crippen LogP contribution in [-0.4, -0.2) is 53.7 Å². The number of carbonyl (C=O) groups is 2. The standard InChI is InChI=1S/C19H25ClN4O3/c1-2-27-18(26)22-13-5-8-24(11-13)14-3-6-19(7-4-14)15-9-12(20)10-21-16(15)23-17(19)25/h9-10,13-14H,2-8,11H2,1H3,(H,22,26)(H,21,23,25). The van der Waals surface area contributed by atoms with E-state index in [1.807, 2.05) is 6.07 Å². The molecule has 1 aliphatic carbocycles. The lowest BCUT2D eigenvalue weighted by Crippen LogP contribution is -2.45. The lowest BCUT2D eigenvalue weighted by Gasteiger charge is -2.39.